The highest BCUT2D eigenvalue weighted by Crippen LogP contribution is 2.36. The molecule has 0 saturated heterocycles. The molecule has 4 rings (SSSR count). The first-order valence-corrected chi connectivity index (χ1v) is 14.3. The van der Waals surface area contributed by atoms with E-state index in [9.17, 15) is 18.0 Å². The Morgan fingerprint density at radius 2 is 1.64 bits per heavy atom. The van der Waals surface area contributed by atoms with Gasteiger partial charge in [0, 0.05) is 24.7 Å². The van der Waals surface area contributed by atoms with E-state index in [2.05, 4.69) is 5.32 Å². The minimum atomic E-state index is -4.19. The number of sulfonamides is 1. The Kier molecular flexibility index (Phi) is 8.98. The molecular weight excluding hydrogens is 542 g/mol. The summed E-state index contributed by atoms with van der Waals surface area (Å²) in [6.07, 6.45) is 0.311. The third kappa shape index (κ3) is 6.29. The Morgan fingerprint density at radius 3 is 2.31 bits per heavy atom. The van der Waals surface area contributed by atoms with Crippen LogP contribution in [0.3, 0.4) is 0 Å². The fourth-order valence-electron chi connectivity index (χ4n) is 4.33. The van der Waals surface area contributed by atoms with Crippen molar-refractivity contribution >= 4 is 39.1 Å². The summed E-state index contributed by atoms with van der Waals surface area (Å²) in [7, 11) is -2.70. The van der Waals surface area contributed by atoms with Gasteiger partial charge in [-0.15, -0.1) is 0 Å². The molecule has 1 N–H and O–H groups in total. The van der Waals surface area contributed by atoms with Crippen LogP contribution in [0.4, 0.5) is 5.69 Å². The smallest absolute Gasteiger partial charge is 0.264 e. The molecule has 11 heteroatoms. The summed E-state index contributed by atoms with van der Waals surface area (Å²) in [5.74, 6) is -0.0713. The molecule has 1 aliphatic rings. The van der Waals surface area contributed by atoms with Gasteiger partial charge < -0.3 is 19.7 Å². The van der Waals surface area contributed by atoms with Crippen molar-refractivity contribution in [1.29, 1.82) is 0 Å². The molecule has 39 heavy (non-hydrogen) atoms. The zero-order chi connectivity index (χ0) is 28.0. The number of rotatable bonds is 10. The van der Waals surface area contributed by atoms with Gasteiger partial charge in [-0.25, -0.2) is 8.42 Å². The zero-order valence-electron chi connectivity index (χ0n) is 21.7. The first-order valence-electron chi connectivity index (χ1n) is 12.5. The van der Waals surface area contributed by atoms with Crippen LogP contribution in [0.2, 0.25) is 5.02 Å². The number of hydrogen-bond acceptors (Lipinski definition) is 6. The Labute approximate surface area is 233 Å². The van der Waals surface area contributed by atoms with E-state index in [0.29, 0.717) is 41.7 Å². The Balaban J connectivity index is 1.76. The van der Waals surface area contributed by atoms with Crippen molar-refractivity contribution in [3.05, 3.63) is 83.4 Å². The average molecular weight is 572 g/mol. The molecule has 0 unspecified atom stereocenters. The molecule has 0 bridgehead atoms. The molecule has 2 amide bonds. The molecule has 1 atom stereocenters. The van der Waals surface area contributed by atoms with E-state index in [1.165, 1.54) is 30.1 Å². The minimum absolute atomic E-state index is 0.0173. The van der Waals surface area contributed by atoms with Gasteiger partial charge in [-0.05, 0) is 42.3 Å². The van der Waals surface area contributed by atoms with Gasteiger partial charge in [0.05, 0.1) is 10.6 Å². The topological polar surface area (TPSA) is 105 Å². The number of likely N-dealkylation sites (N-methyl/N-ethyl adjacent to an activating group) is 1. The molecule has 3 aromatic rings. The number of nitrogens with zero attached hydrogens (tertiary/aromatic N) is 2. The lowest BCUT2D eigenvalue weighted by atomic mass is 10.1. The predicted molar refractivity (Wildman–Crippen MR) is 149 cm³/mol. The standard InChI is InChI=1S/C28H30ClN3O6S/c1-3-24(28(34)30-2)31(18-20-9-7-8-12-23(20)29)27(33)19-32(39(35,36)22-10-5-4-6-11-22)21-13-14-25-26(17-21)38-16-15-37-25/h4-14,17,24H,3,15-16,18-19H2,1-2H3,(H,30,34)/t24-/m1/s1. The van der Waals surface area contributed by atoms with E-state index in [-0.39, 0.29) is 23.0 Å². The molecule has 0 saturated carbocycles. The second-order valence-corrected chi connectivity index (χ2v) is 11.1. The summed E-state index contributed by atoms with van der Waals surface area (Å²) in [6.45, 7) is 1.94. The third-order valence-corrected chi connectivity index (χ3v) is 8.51. The number of hydrogen-bond donors (Lipinski definition) is 1. The summed E-state index contributed by atoms with van der Waals surface area (Å²) in [4.78, 5) is 28.2. The fourth-order valence-corrected chi connectivity index (χ4v) is 5.95. The predicted octanol–water partition coefficient (Wildman–Crippen LogP) is 3.86. The van der Waals surface area contributed by atoms with Crippen molar-refractivity contribution in [3.63, 3.8) is 0 Å². The van der Waals surface area contributed by atoms with Crippen molar-refractivity contribution in [2.24, 2.45) is 0 Å². The number of carbonyl (C=O) groups is 2. The van der Waals surface area contributed by atoms with Crippen LogP contribution < -0.4 is 19.1 Å². The Morgan fingerprint density at radius 1 is 0.974 bits per heavy atom. The van der Waals surface area contributed by atoms with Crippen LogP contribution in [-0.4, -0.2) is 58.0 Å². The highest BCUT2D eigenvalue weighted by molar-refractivity contribution is 7.92. The van der Waals surface area contributed by atoms with Crippen molar-refractivity contribution in [3.8, 4) is 11.5 Å². The van der Waals surface area contributed by atoms with E-state index in [1.807, 2.05) is 0 Å². The second-order valence-electron chi connectivity index (χ2n) is 8.80. The maximum absolute atomic E-state index is 14.0. The lowest BCUT2D eigenvalue weighted by Crippen LogP contribution is -2.51. The maximum Gasteiger partial charge on any atom is 0.264 e. The summed E-state index contributed by atoms with van der Waals surface area (Å²) in [6, 6.07) is 18.7. The number of benzene rings is 3. The van der Waals surface area contributed by atoms with Gasteiger partial charge in [-0.3, -0.25) is 13.9 Å². The van der Waals surface area contributed by atoms with Crippen molar-refractivity contribution in [1.82, 2.24) is 10.2 Å². The van der Waals surface area contributed by atoms with Crippen molar-refractivity contribution < 1.29 is 27.5 Å². The highest BCUT2D eigenvalue weighted by Gasteiger charge is 2.34. The van der Waals surface area contributed by atoms with Crippen LogP contribution in [0.15, 0.2) is 77.7 Å². The summed E-state index contributed by atoms with van der Waals surface area (Å²) >= 11 is 6.39. The van der Waals surface area contributed by atoms with E-state index in [1.54, 1.807) is 61.5 Å². The molecule has 0 fully saturated rings. The summed E-state index contributed by atoms with van der Waals surface area (Å²) in [5, 5.41) is 3.03. The van der Waals surface area contributed by atoms with Crippen molar-refractivity contribution in [2.45, 2.75) is 30.8 Å². The van der Waals surface area contributed by atoms with E-state index >= 15 is 0 Å². The van der Waals surface area contributed by atoms with E-state index in [0.717, 1.165) is 4.31 Å². The maximum atomic E-state index is 14.0. The lowest BCUT2D eigenvalue weighted by Gasteiger charge is -2.33. The molecular formula is C28H30ClN3O6S. The lowest BCUT2D eigenvalue weighted by molar-refractivity contribution is -0.140. The van der Waals surface area contributed by atoms with Gasteiger partial charge in [-0.1, -0.05) is 54.9 Å². The quantitative estimate of drug-likeness (QED) is 0.396. The molecule has 3 aromatic carbocycles. The number of anilines is 1. The minimum Gasteiger partial charge on any atom is -0.486 e. The molecule has 0 aliphatic carbocycles. The molecule has 9 nitrogen and oxygen atoms in total. The van der Waals surface area contributed by atoms with Gasteiger partial charge in [0.25, 0.3) is 10.0 Å². The number of nitrogens with one attached hydrogen (secondary N) is 1. The first-order chi connectivity index (χ1) is 18.8. The van der Waals surface area contributed by atoms with E-state index in [4.69, 9.17) is 21.1 Å². The molecule has 1 heterocycles. The largest absolute Gasteiger partial charge is 0.486 e. The first kappa shape index (κ1) is 28.3. The van der Waals surface area contributed by atoms with Crippen LogP contribution in [0, 0.1) is 0 Å². The van der Waals surface area contributed by atoms with Gasteiger partial charge in [0.15, 0.2) is 11.5 Å². The van der Waals surface area contributed by atoms with Crippen LogP contribution >= 0.6 is 11.6 Å². The zero-order valence-corrected chi connectivity index (χ0v) is 23.2. The van der Waals surface area contributed by atoms with Gasteiger partial charge in [0.2, 0.25) is 11.8 Å². The average Bonchev–Trinajstić information content (AvgIpc) is 2.96. The second kappa shape index (κ2) is 12.4. The monoisotopic (exact) mass is 571 g/mol. The molecule has 0 spiro atoms. The highest BCUT2D eigenvalue weighted by atomic mass is 35.5. The number of halogens is 1. The van der Waals surface area contributed by atoms with Crippen LogP contribution in [-0.2, 0) is 26.2 Å². The summed E-state index contributed by atoms with van der Waals surface area (Å²) in [5.41, 5.74) is 0.855. The number of ether oxygens (including phenoxy) is 2. The molecule has 1 aliphatic heterocycles. The number of fused-ring (bicyclic) bond motifs is 1. The van der Waals surface area contributed by atoms with Gasteiger partial charge in [0.1, 0.15) is 25.8 Å². The number of carbonyl (C=O) groups excluding carboxylic acids is 2. The fraction of sp³-hybridized carbons (Fsp3) is 0.286. The Bertz CT molecular complexity index is 1430. The van der Waals surface area contributed by atoms with Gasteiger partial charge >= 0.3 is 0 Å². The van der Waals surface area contributed by atoms with Crippen LogP contribution in [0.5, 0.6) is 11.5 Å². The summed E-state index contributed by atoms with van der Waals surface area (Å²) < 4.78 is 40.0. The SMILES string of the molecule is CC[C@H](C(=O)NC)N(Cc1ccccc1Cl)C(=O)CN(c1ccc2c(c1)OCCO2)S(=O)(=O)c1ccccc1. The van der Waals surface area contributed by atoms with Crippen LogP contribution in [0.1, 0.15) is 18.9 Å². The molecule has 0 aromatic heterocycles. The molecule has 0 radical (unpaired) electrons. The van der Waals surface area contributed by atoms with Gasteiger partial charge in [-0.2, -0.15) is 0 Å². The third-order valence-electron chi connectivity index (χ3n) is 6.35. The van der Waals surface area contributed by atoms with E-state index < -0.39 is 28.5 Å². The van der Waals surface area contributed by atoms with Crippen LogP contribution in [0.25, 0.3) is 0 Å². The Hall–Kier alpha value is -3.76. The molecule has 206 valence electrons. The normalized spacial score (nSPS) is 13.3. The number of amides is 2. The van der Waals surface area contributed by atoms with Crippen molar-refractivity contribution in [2.75, 3.05) is 31.1 Å².